The minimum absolute atomic E-state index is 0.183. The van der Waals surface area contributed by atoms with Crippen molar-refractivity contribution in [3.05, 3.63) is 0 Å². The van der Waals surface area contributed by atoms with E-state index in [9.17, 15) is 9.59 Å². The Balaban J connectivity index is 2.45. The first-order chi connectivity index (χ1) is 7.63. The number of aliphatic carboxylic acids is 1. The number of aliphatic imine (C=N–C) groups is 1. The topological polar surface area (TPSA) is 79.2 Å². The summed E-state index contributed by atoms with van der Waals surface area (Å²) in [6.45, 7) is 3.04. The fourth-order valence-corrected chi connectivity index (χ4v) is 1.48. The Morgan fingerprint density at radius 3 is 2.88 bits per heavy atom. The maximum Gasteiger partial charge on any atom is 0.336 e. The van der Waals surface area contributed by atoms with Crippen LogP contribution in [0.25, 0.3) is 0 Å². The van der Waals surface area contributed by atoms with E-state index in [1.54, 1.807) is 0 Å². The fourth-order valence-electron chi connectivity index (χ4n) is 1.48. The van der Waals surface area contributed by atoms with E-state index >= 15 is 0 Å². The van der Waals surface area contributed by atoms with Gasteiger partial charge in [-0.15, -0.1) is 0 Å². The van der Waals surface area contributed by atoms with Crippen molar-refractivity contribution in [2.75, 3.05) is 13.1 Å². The van der Waals surface area contributed by atoms with Gasteiger partial charge < -0.3 is 9.94 Å². The Hall–Kier alpha value is -1.59. The highest BCUT2D eigenvalue weighted by atomic mass is 16.7. The van der Waals surface area contributed by atoms with Crippen molar-refractivity contribution in [2.24, 2.45) is 10.9 Å². The van der Waals surface area contributed by atoms with Gasteiger partial charge in [-0.3, -0.25) is 9.79 Å². The number of carboxylic acids is 1. The van der Waals surface area contributed by atoms with E-state index in [1.165, 1.54) is 11.4 Å². The fraction of sp³-hybridized carbons (Fsp3) is 0.700. The molecule has 6 heteroatoms. The van der Waals surface area contributed by atoms with Crippen LogP contribution in [0.1, 0.15) is 26.2 Å². The summed E-state index contributed by atoms with van der Waals surface area (Å²) in [5.41, 5.74) is 0. The molecule has 1 aliphatic rings. The summed E-state index contributed by atoms with van der Waals surface area (Å²) in [4.78, 5) is 31.1. The molecule has 0 aromatic heterocycles. The number of carbonyl (C=O) groups is 2. The van der Waals surface area contributed by atoms with E-state index in [0.717, 1.165) is 6.42 Å². The number of nitrogens with zero attached hydrogens (tertiary/aromatic N) is 2. The maximum atomic E-state index is 11.6. The molecule has 0 aromatic carbocycles. The molecule has 0 spiro atoms. The zero-order valence-corrected chi connectivity index (χ0v) is 9.26. The monoisotopic (exact) mass is 228 g/mol. The molecule has 0 fully saturated rings. The van der Waals surface area contributed by atoms with Crippen molar-refractivity contribution in [1.82, 2.24) is 5.06 Å². The number of hydrogen-bond acceptors (Lipinski definition) is 5. The summed E-state index contributed by atoms with van der Waals surface area (Å²) in [7, 11) is 0. The van der Waals surface area contributed by atoms with E-state index in [0.29, 0.717) is 19.5 Å². The quantitative estimate of drug-likeness (QED) is 0.723. The van der Waals surface area contributed by atoms with E-state index in [4.69, 9.17) is 9.94 Å². The van der Waals surface area contributed by atoms with Gasteiger partial charge in [0.15, 0.2) is 0 Å². The van der Waals surface area contributed by atoms with Crippen LogP contribution in [0.3, 0.4) is 0 Å². The molecule has 6 nitrogen and oxygen atoms in total. The largest absolute Gasteiger partial charge is 0.481 e. The van der Waals surface area contributed by atoms with Crippen LogP contribution in [0.15, 0.2) is 4.99 Å². The Morgan fingerprint density at radius 1 is 1.62 bits per heavy atom. The van der Waals surface area contributed by atoms with Crippen molar-refractivity contribution in [3.63, 3.8) is 0 Å². The molecule has 0 bridgehead atoms. The van der Waals surface area contributed by atoms with Gasteiger partial charge in [0.1, 0.15) is 6.34 Å². The Morgan fingerprint density at radius 2 is 2.38 bits per heavy atom. The van der Waals surface area contributed by atoms with Crippen LogP contribution in [-0.2, 0) is 14.4 Å². The van der Waals surface area contributed by atoms with Gasteiger partial charge in [-0.2, -0.15) is 5.06 Å². The van der Waals surface area contributed by atoms with E-state index < -0.39 is 17.9 Å². The first-order valence-corrected chi connectivity index (χ1v) is 5.33. The zero-order valence-electron chi connectivity index (χ0n) is 9.26. The van der Waals surface area contributed by atoms with Crippen molar-refractivity contribution in [2.45, 2.75) is 26.2 Å². The molecule has 0 saturated heterocycles. The second-order valence-corrected chi connectivity index (χ2v) is 3.66. The second kappa shape index (κ2) is 6.09. The molecule has 1 unspecified atom stereocenters. The highest BCUT2D eigenvalue weighted by molar-refractivity contribution is 5.79. The third-order valence-electron chi connectivity index (χ3n) is 2.26. The standard InChI is InChI=1S/C10H16N2O4/c1-2-3-8(6-9(13)14)10(15)16-12-5-4-11-7-12/h7-8H,2-6H2,1H3,(H,13,14). The number of hydrogen-bond donors (Lipinski definition) is 1. The highest BCUT2D eigenvalue weighted by Crippen LogP contribution is 2.14. The van der Waals surface area contributed by atoms with Gasteiger partial charge in [0.05, 0.1) is 25.4 Å². The molecule has 0 amide bonds. The first-order valence-electron chi connectivity index (χ1n) is 5.33. The maximum absolute atomic E-state index is 11.6. The first kappa shape index (κ1) is 12.5. The summed E-state index contributed by atoms with van der Waals surface area (Å²) in [5, 5.41) is 10.0. The molecule has 1 atom stereocenters. The van der Waals surface area contributed by atoms with Crippen LogP contribution in [0.5, 0.6) is 0 Å². The normalized spacial score (nSPS) is 16.2. The van der Waals surface area contributed by atoms with Crippen LogP contribution in [0, 0.1) is 5.92 Å². The van der Waals surface area contributed by atoms with Gasteiger partial charge in [0, 0.05) is 0 Å². The molecule has 16 heavy (non-hydrogen) atoms. The lowest BCUT2D eigenvalue weighted by Crippen LogP contribution is -2.29. The van der Waals surface area contributed by atoms with Gasteiger partial charge in [-0.1, -0.05) is 13.3 Å². The second-order valence-electron chi connectivity index (χ2n) is 3.66. The summed E-state index contributed by atoms with van der Waals surface area (Å²) in [6.07, 6.45) is 2.54. The number of hydroxylamine groups is 2. The average molecular weight is 228 g/mol. The number of rotatable bonds is 6. The molecule has 0 aliphatic carbocycles. The molecular weight excluding hydrogens is 212 g/mol. The van der Waals surface area contributed by atoms with Crippen molar-refractivity contribution < 1.29 is 19.5 Å². The molecule has 0 aromatic rings. The van der Waals surface area contributed by atoms with Gasteiger partial charge in [0.25, 0.3) is 0 Å². The van der Waals surface area contributed by atoms with E-state index in [-0.39, 0.29) is 6.42 Å². The van der Waals surface area contributed by atoms with Crippen molar-refractivity contribution >= 4 is 18.3 Å². The van der Waals surface area contributed by atoms with Crippen LogP contribution >= 0.6 is 0 Å². The van der Waals surface area contributed by atoms with Crippen molar-refractivity contribution in [1.29, 1.82) is 0 Å². The molecule has 1 N–H and O–H groups in total. The Labute approximate surface area is 93.9 Å². The average Bonchev–Trinajstić information content (AvgIpc) is 2.69. The minimum Gasteiger partial charge on any atom is -0.481 e. The molecule has 1 heterocycles. The lowest BCUT2D eigenvalue weighted by molar-refractivity contribution is -0.177. The van der Waals surface area contributed by atoms with Crippen molar-refractivity contribution in [3.8, 4) is 0 Å². The third-order valence-corrected chi connectivity index (χ3v) is 2.26. The SMILES string of the molecule is CCCC(CC(=O)O)C(=O)ON1C=NCC1. The molecule has 90 valence electrons. The predicted molar refractivity (Wildman–Crippen MR) is 56.8 cm³/mol. The third kappa shape index (κ3) is 3.88. The Bertz CT molecular complexity index is 291. The van der Waals surface area contributed by atoms with Crippen LogP contribution in [0.4, 0.5) is 0 Å². The number of carboxylic acid groups (broad SMARTS) is 1. The van der Waals surface area contributed by atoms with Gasteiger partial charge in [-0.05, 0) is 6.42 Å². The molecule has 1 rings (SSSR count). The molecule has 0 radical (unpaired) electrons. The minimum atomic E-state index is -0.981. The Kier molecular flexibility index (Phi) is 4.75. The lowest BCUT2D eigenvalue weighted by atomic mass is 10.0. The van der Waals surface area contributed by atoms with Gasteiger partial charge in [0.2, 0.25) is 0 Å². The zero-order chi connectivity index (χ0) is 12.0. The van der Waals surface area contributed by atoms with Gasteiger partial charge in [-0.25, -0.2) is 4.79 Å². The smallest absolute Gasteiger partial charge is 0.336 e. The lowest BCUT2D eigenvalue weighted by Gasteiger charge is -2.17. The summed E-state index contributed by atoms with van der Waals surface area (Å²) in [5.74, 6) is -2.04. The molecule has 1 aliphatic heterocycles. The summed E-state index contributed by atoms with van der Waals surface area (Å²) in [6, 6.07) is 0. The summed E-state index contributed by atoms with van der Waals surface area (Å²) < 4.78 is 0. The molecule has 0 saturated carbocycles. The predicted octanol–water partition coefficient (Wildman–Crippen LogP) is 0.679. The summed E-state index contributed by atoms with van der Waals surface area (Å²) >= 11 is 0. The van der Waals surface area contributed by atoms with E-state index in [2.05, 4.69) is 4.99 Å². The van der Waals surface area contributed by atoms with Crippen LogP contribution in [0.2, 0.25) is 0 Å². The highest BCUT2D eigenvalue weighted by Gasteiger charge is 2.24. The van der Waals surface area contributed by atoms with Gasteiger partial charge >= 0.3 is 11.9 Å². The van der Waals surface area contributed by atoms with E-state index in [1.807, 2.05) is 6.92 Å². The van der Waals surface area contributed by atoms with Crippen LogP contribution < -0.4 is 0 Å². The van der Waals surface area contributed by atoms with Crippen LogP contribution in [-0.4, -0.2) is 41.5 Å². The number of carbonyl (C=O) groups excluding carboxylic acids is 1. The molecular formula is C10H16N2O4.